The maximum atomic E-state index is 12.3. The van der Waals surface area contributed by atoms with Gasteiger partial charge in [0.2, 0.25) is 15.9 Å². The summed E-state index contributed by atoms with van der Waals surface area (Å²) in [6.07, 6.45) is 3.26. The second kappa shape index (κ2) is 8.51. The predicted molar refractivity (Wildman–Crippen MR) is 99.9 cm³/mol. The summed E-state index contributed by atoms with van der Waals surface area (Å²) in [5.41, 5.74) is 1.40. The summed E-state index contributed by atoms with van der Waals surface area (Å²) in [5.74, 6) is -0.120. The molecule has 1 N–H and O–H groups in total. The predicted octanol–water partition coefficient (Wildman–Crippen LogP) is 3.06. The summed E-state index contributed by atoms with van der Waals surface area (Å²) in [6.45, 7) is 8.97. The largest absolute Gasteiger partial charge is 0.356 e. The second-order valence-corrected chi connectivity index (χ2v) is 8.96. The van der Waals surface area contributed by atoms with Crippen molar-refractivity contribution < 1.29 is 13.2 Å². The minimum absolute atomic E-state index is 0.120. The Morgan fingerprint density at radius 2 is 1.83 bits per heavy atom. The summed E-state index contributed by atoms with van der Waals surface area (Å²) in [5, 5.41) is 2.83. The molecule has 0 aliphatic rings. The highest BCUT2D eigenvalue weighted by Gasteiger charge is 2.25. The van der Waals surface area contributed by atoms with Gasteiger partial charge in [-0.3, -0.25) is 9.10 Å². The van der Waals surface area contributed by atoms with Crippen LogP contribution in [0.15, 0.2) is 24.3 Å². The van der Waals surface area contributed by atoms with E-state index >= 15 is 0 Å². The second-order valence-electron chi connectivity index (χ2n) is 7.06. The van der Waals surface area contributed by atoms with Crippen LogP contribution in [0, 0.1) is 0 Å². The standard InChI is InChI=1S/C18H30N2O3S/c1-6-7-13-19-17(21)12-14-20(24(5,22)23)16-11-9-8-10-15(16)18(2,3)4/h8-11H,6-7,12-14H2,1-5H3,(H,19,21). The van der Waals surface area contributed by atoms with E-state index < -0.39 is 10.0 Å². The van der Waals surface area contributed by atoms with Gasteiger partial charge < -0.3 is 5.32 Å². The van der Waals surface area contributed by atoms with Gasteiger partial charge in [-0.25, -0.2) is 8.42 Å². The molecule has 0 fully saturated rings. The topological polar surface area (TPSA) is 66.5 Å². The van der Waals surface area contributed by atoms with Crippen LogP contribution in [0.5, 0.6) is 0 Å². The summed E-state index contributed by atoms with van der Waals surface area (Å²) in [7, 11) is -3.47. The van der Waals surface area contributed by atoms with E-state index in [1.807, 2.05) is 39.0 Å². The van der Waals surface area contributed by atoms with Crippen molar-refractivity contribution in [3.63, 3.8) is 0 Å². The number of benzene rings is 1. The van der Waals surface area contributed by atoms with Crippen molar-refractivity contribution in [1.29, 1.82) is 0 Å². The molecule has 0 aliphatic heterocycles. The molecule has 1 rings (SSSR count). The quantitative estimate of drug-likeness (QED) is 0.730. The van der Waals surface area contributed by atoms with Crippen molar-refractivity contribution in [2.24, 2.45) is 0 Å². The fourth-order valence-electron chi connectivity index (χ4n) is 2.49. The molecule has 136 valence electrons. The molecule has 0 bridgehead atoms. The van der Waals surface area contributed by atoms with Gasteiger partial charge in [0.05, 0.1) is 11.9 Å². The zero-order valence-electron chi connectivity index (χ0n) is 15.4. The Labute approximate surface area is 146 Å². The van der Waals surface area contributed by atoms with Crippen LogP contribution in [0.1, 0.15) is 52.5 Å². The van der Waals surface area contributed by atoms with Gasteiger partial charge in [0.25, 0.3) is 0 Å². The van der Waals surface area contributed by atoms with Crippen molar-refractivity contribution in [3.8, 4) is 0 Å². The average molecular weight is 355 g/mol. The van der Waals surface area contributed by atoms with Crippen molar-refractivity contribution in [1.82, 2.24) is 5.32 Å². The first-order valence-corrected chi connectivity index (χ1v) is 10.3. The number of rotatable bonds is 8. The Balaban J connectivity index is 2.99. The molecule has 1 aromatic rings. The number of nitrogens with zero attached hydrogens (tertiary/aromatic N) is 1. The van der Waals surface area contributed by atoms with Crippen molar-refractivity contribution in [2.75, 3.05) is 23.7 Å². The molecule has 1 amide bonds. The Hall–Kier alpha value is -1.56. The third-order valence-electron chi connectivity index (χ3n) is 3.78. The van der Waals surface area contributed by atoms with E-state index in [1.165, 1.54) is 10.6 Å². The number of para-hydroxylation sites is 1. The summed E-state index contributed by atoms with van der Waals surface area (Å²) >= 11 is 0. The number of unbranched alkanes of at least 4 members (excludes halogenated alkanes) is 1. The Kier molecular flexibility index (Phi) is 7.27. The van der Waals surface area contributed by atoms with E-state index in [-0.39, 0.29) is 24.3 Å². The normalized spacial score (nSPS) is 12.0. The lowest BCUT2D eigenvalue weighted by Crippen LogP contribution is -2.36. The molecule has 1 aromatic carbocycles. The number of amides is 1. The number of hydrogen-bond donors (Lipinski definition) is 1. The van der Waals surface area contributed by atoms with Gasteiger partial charge in [0.1, 0.15) is 0 Å². The highest BCUT2D eigenvalue weighted by atomic mass is 32.2. The Morgan fingerprint density at radius 1 is 1.21 bits per heavy atom. The fourth-order valence-corrected chi connectivity index (χ4v) is 3.43. The molecule has 0 saturated heterocycles. The van der Waals surface area contributed by atoms with Crippen LogP contribution in [0.25, 0.3) is 0 Å². The highest BCUT2D eigenvalue weighted by molar-refractivity contribution is 7.92. The lowest BCUT2D eigenvalue weighted by atomic mass is 9.86. The molecule has 0 atom stereocenters. The third kappa shape index (κ3) is 6.15. The van der Waals surface area contributed by atoms with Crippen LogP contribution in [0.4, 0.5) is 5.69 Å². The van der Waals surface area contributed by atoms with Crippen LogP contribution in [-0.4, -0.2) is 33.7 Å². The smallest absolute Gasteiger partial charge is 0.232 e. The molecular weight excluding hydrogens is 324 g/mol. The van der Waals surface area contributed by atoms with Gasteiger partial charge in [0.15, 0.2) is 0 Å². The molecule has 0 radical (unpaired) electrons. The molecule has 0 unspecified atom stereocenters. The van der Waals surface area contributed by atoms with E-state index in [4.69, 9.17) is 0 Å². The van der Waals surface area contributed by atoms with E-state index in [1.54, 1.807) is 6.07 Å². The molecule has 0 heterocycles. The van der Waals surface area contributed by atoms with Crippen LogP contribution in [0.3, 0.4) is 0 Å². The fraction of sp³-hybridized carbons (Fsp3) is 0.611. The third-order valence-corrected chi connectivity index (χ3v) is 4.96. The molecule has 24 heavy (non-hydrogen) atoms. The van der Waals surface area contributed by atoms with Crippen LogP contribution < -0.4 is 9.62 Å². The number of carbonyl (C=O) groups excluding carboxylic acids is 1. The summed E-state index contributed by atoms with van der Waals surface area (Å²) in [4.78, 5) is 11.9. The van der Waals surface area contributed by atoms with Gasteiger partial charge >= 0.3 is 0 Å². The minimum atomic E-state index is -3.47. The first-order valence-electron chi connectivity index (χ1n) is 8.41. The van der Waals surface area contributed by atoms with Gasteiger partial charge in [-0.05, 0) is 23.5 Å². The van der Waals surface area contributed by atoms with Crippen LogP contribution in [-0.2, 0) is 20.2 Å². The first-order chi connectivity index (χ1) is 11.1. The lowest BCUT2D eigenvalue weighted by Gasteiger charge is -2.30. The van der Waals surface area contributed by atoms with Crippen LogP contribution >= 0.6 is 0 Å². The van der Waals surface area contributed by atoms with E-state index in [0.717, 1.165) is 18.4 Å². The minimum Gasteiger partial charge on any atom is -0.356 e. The maximum Gasteiger partial charge on any atom is 0.232 e. The molecular formula is C18H30N2O3S. The van der Waals surface area contributed by atoms with E-state index in [2.05, 4.69) is 12.2 Å². The molecule has 0 spiro atoms. The maximum absolute atomic E-state index is 12.3. The SMILES string of the molecule is CCCCNC(=O)CCN(c1ccccc1C(C)(C)C)S(C)(=O)=O. The number of sulfonamides is 1. The van der Waals surface area contributed by atoms with E-state index in [9.17, 15) is 13.2 Å². The number of nitrogens with one attached hydrogen (secondary N) is 1. The van der Waals surface area contributed by atoms with E-state index in [0.29, 0.717) is 12.2 Å². The summed E-state index contributed by atoms with van der Waals surface area (Å²) < 4.78 is 25.9. The van der Waals surface area contributed by atoms with Gasteiger partial charge in [0, 0.05) is 19.5 Å². The monoisotopic (exact) mass is 354 g/mol. The van der Waals surface area contributed by atoms with Crippen molar-refractivity contribution in [3.05, 3.63) is 29.8 Å². The Bertz CT molecular complexity index is 648. The number of carbonyl (C=O) groups is 1. The van der Waals surface area contributed by atoms with Gasteiger partial charge in [-0.2, -0.15) is 0 Å². The molecule has 0 aromatic heterocycles. The summed E-state index contributed by atoms with van der Waals surface area (Å²) in [6, 6.07) is 7.47. The van der Waals surface area contributed by atoms with Gasteiger partial charge in [-0.1, -0.05) is 52.3 Å². The van der Waals surface area contributed by atoms with Crippen LogP contribution in [0.2, 0.25) is 0 Å². The number of anilines is 1. The zero-order valence-corrected chi connectivity index (χ0v) is 16.2. The molecule has 5 nitrogen and oxygen atoms in total. The Morgan fingerprint density at radius 3 is 2.38 bits per heavy atom. The molecule has 0 aliphatic carbocycles. The average Bonchev–Trinajstić information content (AvgIpc) is 2.46. The lowest BCUT2D eigenvalue weighted by molar-refractivity contribution is -0.120. The zero-order chi connectivity index (χ0) is 18.4. The van der Waals surface area contributed by atoms with Gasteiger partial charge in [-0.15, -0.1) is 0 Å². The van der Waals surface area contributed by atoms with Crippen molar-refractivity contribution in [2.45, 2.75) is 52.4 Å². The first kappa shape index (κ1) is 20.5. The molecule has 6 heteroatoms. The highest BCUT2D eigenvalue weighted by Crippen LogP contribution is 2.33. The molecule has 0 saturated carbocycles. The van der Waals surface area contributed by atoms with Crippen molar-refractivity contribution >= 4 is 21.6 Å². The number of hydrogen-bond acceptors (Lipinski definition) is 3.